The summed E-state index contributed by atoms with van der Waals surface area (Å²) >= 11 is 0. The largest absolute Gasteiger partial charge is 0.383 e. The summed E-state index contributed by atoms with van der Waals surface area (Å²) in [7, 11) is 0. The van der Waals surface area contributed by atoms with Crippen LogP contribution in [0.3, 0.4) is 0 Å². The minimum absolute atomic E-state index is 0.114. The average molecular weight is 267 g/mol. The van der Waals surface area contributed by atoms with Crippen LogP contribution in [0.5, 0.6) is 0 Å². The highest BCUT2D eigenvalue weighted by atomic mass is 19.2. The first-order valence-electron chi connectivity index (χ1n) is 5.78. The smallest absolute Gasteiger partial charge is 0.161 e. The summed E-state index contributed by atoms with van der Waals surface area (Å²) in [5.41, 5.74) is 6.34. The van der Waals surface area contributed by atoms with Crippen LogP contribution in [0, 0.1) is 17.5 Å². The minimum atomic E-state index is -1.24. The van der Waals surface area contributed by atoms with Gasteiger partial charge in [-0.1, -0.05) is 13.3 Å². The Morgan fingerprint density at radius 3 is 2.42 bits per heavy atom. The van der Waals surface area contributed by atoms with Crippen LogP contribution < -0.4 is 5.73 Å². The number of nitrogens with zero attached hydrogens (tertiary/aromatic N) is 2. The van der Waals surface area contributed by atoms with Gasteiger partial charge in [0.2, 0.25) is 0 Å². The quantitative estimate of drug-likeness (QED) is 0.869. The molecule has 3 nitrogen and oxygen atoms in total. The summed E-state index contributed by atoms with van der Waals surface area (Å²) in [4.78, 5) is 7.77. The normalized spacial score (nSPS) is 10.7. The van der Waals surface area contributed by atoms with E-state index in [1.165, 1.54) is 6.33 Å². The van der Waals surface area contributed by atoms with Gasteiger partial charge in [0, 0.05) is 17.2 Å². The van der Waals surface area contributed by atoms with Crippen LogP contribution in [0.1, 0.15) is 18.9 Å². The molecule has 100 valence electrons. The standard InChI is InChI=1S/C13H12F3N3/c1-2-3-7-12(18-6-19-13(7)17)8-4-10(15)11(16)5-9(8)14/h4-6H,2-3H2,1H3,(H2,17,18,19). The van der Waals surface area contributed by atoms with Crippen molar-refractivity contribution in [3.8, 4) is 11.3 Å². The minimum Gasteiger partial charge on any atom is -0.383 e. The Hall–Kier alpha value is -2.11. The highest BCUT2D eigenvalue weighted by molar-refractivity contribution is 5.68. The summed E-state index contributed by atoms with van der Waals surface area (Å²) in [6, 6.07) is 1.28. The maximum absolute atomic E-state index is 13.8. The molecule has 1 heterocycles. The molecule has 2 rings (SSSR count). The zero-order valence-corrected chi connectivity index (χ0v) is 10.3. The Balaban J connectivity index is 2.65. The fourth-order valence-corrected chi connectivity index (χ4v) is 1.86. The number of hydrogen-bond acceptors (Lipinski definition) is 3. The van der Waals surface area contributed by atoms with Crippen LogP contribution in [0.4, 0.5) is 19.0 Å². The van der Waals surface area contributed by atoms with Gasteiger partial charge in [0.1, 0.15) is 18.0 Å². The number of halogens is 3. The van der Waals surface area contributed by atoms with Crippen LogP contribution in [0.2, 0.25) is 0 Å². The Morgan fingerprint density at radius 1 is 1.05 bits per heavy atom. The van der Waals surface area contributed by atoms with Crippen LogP contribution in [-0.2, 0) is 6.42 Å². The molecule has 6 heteroatoms. The highest BCUT2D eigenvalue weighted by Gasteiger charge is 2.17. The number of nitrogens with two attached hydrogens (primary N) is 1. The van der Waals surface area contributed by atoms with E-state index in [9.17, 15) is 13.2 Å². The number of aromatic nitrogens is 2. The lowest BCUT2D eigenvalue weighted by molar-refractivity contribution is 0.496. The monoisotopic (exact) mass is 267 g/mol. The molecule has 0 aliphatic carbocycles. The van der Waals surface area contributed by atoms with Crippen LogP contribution in [-0.4, -0.2) is 9.97 Å². The maximum Gasteiger partial charge on any atom is 0.161 e. The topological polar surface area (TPSA) is 51.8 Å². The fourth-order valence-electron chi connectivity index (χ4n) is 1.86. The van der Waals surface area contributed by atoms with Gasteiger partial charge >= 0.3 is 0 Å². The first kappa shape index (κ1) is 13.3. The predicted molar refractivity (Wildman–Crippen MR) is 65.7 cm³/mol. The fraction of sp³-hybridized carbons (Fsp3) is 0.231. The number of benzene rings is 1. The van der Waals surface area contributed by atoms with E-state index in [0.717, 1.165) is 12.5 Å². The molecule has 0 radical (unpaired) electrons. The second-order valence-electron chi connectivity index (χ2n) is 4.08. The summed E-state index contributed by atoms with van der Waals surface area (Å²) in [6.07, 6.45) is 2.45. The second-order valence-corrected chi connectivity index (χ2v) is 4.08. The Bertz CT molecular complexity index is 614. The van der Waals surface area contributed by atoms with Crippen molar-refractivity contribution in [2.75, 3.05) is 5.73 Å². The average Bonchev–Trinajstić information content (AvgIpc) is 2.37. The van der Waals surface area contributed by atoms with Crippen molar-refractivity contribution in [3.05, 3.63) is 41.5 Å². The maximum atomic E-state index is 13.8. The third kappa shape index (κ3) is 2.52. The SMILES string of the molecule is CCCc1c(N)ncnc1-c1cc(F)c(F)cc1F. The molecule has 0 bridgehead atoms. The molecule has 0 unspecified atom stereocenters. The Labute approximate surface area is 108 Å². The van der Waals surface area contributed by atoms with Gasteiger partial charge in [-0.15, -0.1) is 0 Å². The van der Waals surface area contributed by atoms with Crippen molar-refractivity contribution in [1.29, 1.82) is 0 Å². The highest BCUT2D eigenvalue weighted by Crippen LogP contribution is 2.29. The summed E-state index contributed by atoms with van der Waals surface area (Å²) in [5, 5.41) is 0. The van der Waals surface area contributed by atoms with Gasteiger partial charge in [0.05, 0.1) is 5.69 Å². The number of hydrogen-bond donors (Lipinski definition) is 1. The van der Waals surface area contributed by atoms with Gasteiger partial charge in [-0.3, -0.25) is 0 Å². The second kappa shape index (κ2) is 5.26. The molecular weight excluding hydrogens is 255 g/mol. The van der Waals surface area contributed by atoms with Crippen molar-refractivity contribution in [2.24, 2.45) is 0 Å². The van der Waals surface area contributed by atoms with Gasteiger partial charge < -0.3 is 5.73 Å². The van der Waals surface area contributed by atoms with Gasteiger partial charge in [0.25, 0.3) is 0 Å². The molecular formula is C13H12F3N3. The third-order valence-electron chi connectivity index (χ3n) is 2.74. The van der Waals surface area contributed by atoms with Gasteiger partial charge in [-0.2, -0.15) is 0 Å². The molecule has 0 saturated carbocycles. The lowest BCUT2D eigenvalue weighted by Crippen LogP contribution is -2.04. The van der Waals surface area contributed by atoms with Crippen molar-refractivity contribution >= 4 is 5.82 Å². The van der Waals surface area contributed by atoms with Crippen LogP contribution in [0.15, 0.2) is 18.5 Å². The molecule has 0 fully saturated rings. The van der Waals surface area contributed by atoms with Crippen molar-refractivity contribution in [2.45, 2.75) is 19.8 Å². The van der Waals surface area contributed by atoms with E-state index in [0.29, 0.717) is 18.1 Å². The van der Waals surface area contributed by atoms with Crippen molar-refractivity contribution < 1.29 is 13.2 Å². The van der Waals surface area contributed by atoms with E-state index in [1.807, 2.05) is 6.92 Å². The molecule has 1 aromatic heterocycles. The van der Waals surface area contributed by atoms with E-state index in [1.54, 1.807) is 0 Å². The third-order valence-corrected chi connectivity index (χ3v) is 2.74. The molecule has 0 saturated heterocycles. The van der Waals surface area contributed by atoms with E-state index in [2.05, 4.69) is 9.97 Å². The van der Waals surface area contributed by atoms with E-state index in [4.69, 9.17) is 5.73 Å². The Morgan fingerprint density at radius 2 is 1.74 bits per heavy atom. The molecule has 19 heavy (non-hydrogen) atoms. The number of nitrogen functional groups attached to an aromatic ring is 1. The van der Waals surface area contributed by atoms with Gasteiger partial charge in [0.15, 0.2) is 11.6 Å². The summed E-state index contributed by atoms with van der Waals surface area (Å²) in [5.74, 6) is -3.03. The number of rotatable bonds is 3. The summed E-state index contributed by atoms with van der Waals surface area (Å²) < 4.78 is 39.9. The van der Waals surface area contributed by atoms with Crippen molar-refractivity contribution in [1.82, 2.24) is 9.97 Å². The predicted octanol–water partition coefficient (Wildman–Crippen LogP) is 3.10. The van der Waals surface area contributed by atoms with E-state index >= 15 is 0 Å². The molecule has 0 aliphatic heterocycles. The van der Waals surface area contributed by atoms with Gasteiger partial charge in [-0.05, 0) is 12.5 Å². The Kier molecular flexibility index (Phi) is 3.69. The van der Waals surface area contributed by atoms with E-state index < -0.39 is 17.5 Å². The molecule has 0 spiro atoms. The van der Waals surface area contributed by atoms with Crippen LogP contribution >= 0.6 is 0 Å². The summed E-state index contributed by atoms with van der Waals surface area (Å²) in [6.45, 7) is 1.91. The molecule has 0 atom stereocenters. The first-order valence-corrected chi connectivity index (χ1v) is 5.78. The van der Waals surface area contributed by atoms with Crippen molar-refractivity contribution in [3.63, 3.8) is 0 Å². The molecule has 2 aromatic rings. The lowest BCUT2D eigenvalue weighted by atomic mass is 10.0. The molecule has 1 aromatic carbocycles. The zero-order valence-electron chi connectivity index (χ0n) is 10.3. The first-order chi connectivity index (χ1) is 9.04. The molecule has 0 amide bonds. The molecule has 2 N–H and O–H groups in total. The zero-order chi connectivity index (χ0) is 14.0. The number of anilines is 1. The lowest BCUT2D eigenvalue weighted by Gasteiger charge is -2.10. The molecule has 0 aliphatic rings. The van der Waals surface area contributed by atoms with Crippen LogP contribution in [0.25, 0.3) is 11.3 Å². The van der Waals surface area contributed by atoms with E-state index in [-0.39, 0.29) is 17.1 Å². The van der Waals surface area contributed by atoms with Gasteiger partial charge in [-0.25, -0.2) is 23.1 Å².